The smallest absolute Gasteiger partial charge is 0.268 e. The van der Waals surface area contributed by atoms with Crippen LogP contribution in [-0.2, 0) is 9.59 Å². The second kappa shape index (κ2) is 8.57. The molecule has 1 unspecified atom stereocenters. The van der Waals surface area contributed by atoms with Gasteiger partial charge in [-0.15, -0.1) is 0 Å². The predicted octanol–water partition coefficient (Wildman–Crippen LogP) is 3.29. The Morgan fingerprint density at radius 3 is 2.76 bits per heavy atom. The Balaban J connectivity index is 1.85. The Morgan fingerprint density at radius 1 is 1.24 bits per heavy atom. The van der Waals surface area contributed by atoms with Crippen LogP contribution in [0, 0.1) is 11.3 Å². The number of ketones is 1. The maximum atomic E-state index is 12.7. The zero-order valence-electron chi connectivity index (χ0n) is 16.3. The summed E-state index contributed by atoms with van der Waals surface area (Å²) in [5, 5.41) is 11.7. The average molecular weight is 391 g/mol. The molecule has 1 aliphatic heterocycles. The fourth-order valence-electron chi connectivity index (χ4n) is 3.13. The zero-order chi connectivity index (χ0) is 21.0. The number of carbonyl (C=O) groups is 3. The maximum Gasteiger partial charge on any atom is 0.268 e. The molecule has 7 heteroatoms. The molecule has 1 N–H and O–H groups in total. The van der Waals surface area contributed by atoms with Gasteiger partial charge >= 0.3 is 0 Å². The Hall–Kier alpha value is -3.66. The van der Waals surface area contributed by atoms with Gasteiger partial charge in [-0.2, -0.15) is 5.26 Å². The summed E-state index contributed by atoms with van der Waals surface area (Å²) in [7, 11) is 0. The third-order valence-corrected chi connectivity index (χ3v) is 4.54. The van der Waals surface area contributed by atoms with Crippen LogP contribution in [0.15, 0.2) is 42.5 Å². The summed E-state index contributed by atoms with van der Waals surface area (Å²) in [6.07, 6.45) is 0.380. The number of amides is 2. The van der Waals surface area contributed by atoms with Gasteiger partial charge in [-0.1, -0.05) is 13.0 Å². The molecule has 29 heavy (non-hydrogen) atoms. The molecular formula is C22H21N3O4. The van der Waals surface area contributed by atoms with Crippen LogP contribution in [0.5, 0.6) is 5.75 Å². The molecule has 0 saturated heterocycles. The molecular weight excluding hydrogens is 370 g/mol. The highest BCUT2D eigenvalue weighted by Crippen LogP contribution is 2.35. The molecule has 148 valence electrons. The number of benzene rings is 2. The van der Waals surface area contributed by atoms with E-state index in [9.17, 15) is 14.4 Å². The van der Waals surface area contributed by atoms with Crippen molar-refractivity contribution in [1.29, 1.82) is 5.26 Å². The molecule has 0 fully saturated rings. The van der Waals surface area contributed by atoms with Gasteiger partial charge in [0.05, 0.1) is 17.3 Å². The lowest BCUT2D eigenvalue weighted by Gasteiger charge is -2.32. The number of carbonyl (C=O) groups excluding carboxylic acids is 3. The molecule has 1 aliphatic rings. The van der Waals surface area contributed by atoms with E-state index in [-0.39, 0.29) is 18.2 Å². The third kappa shape index (κ3) is 4.43. The van der Waals surface area contributed by atoms with Gasteiger partial charge in [0, 0.05) is 17.7 Å². The van der Waals surface area contributed by atoms with E-state index in [1.807, 2.05) is 13.0 Å². The highest BCUT2D eigenvalue weighted by atomic mass is 16.5. The van der Waals surface area contributed by atoms with Crippen molar-refractivity contribution >= 4 is 29.0 Å². The normalized spacial score (nSPS) is 15.1. The lowest BCUT2D eigenvalue weighted by molar-refractivity contribution is -0.127. The van der Waals surface area contributed by atoms with Gasteiger partial charge in [-0.25, -0.2) is 0 Å². The van der Waals surface area contributed by atoms with Gasteiger partial charge in [0.25, 0.3) is 5.91 Å². The molecule has 2 aromatic carbocycles. The number of Topliss-reactive ketones (excluding diaryl/α,β-unsaturated/α-hetero) is 1. The Kier molecular flexibility index (Phi) is 5.93. The van der Waals surface area contributed by atoms with Crippen molar-refractivity contribution in [2.45, 2.75) is 32.8 Å². The van der Waals surface area contributed by atoms with E-state index in [0.29, 0.717) is 34.7 Å². The number of nitrogens with zero attached hydrogens (tertiary/aromatic N) is 2. The Labute approximate surface area is 168 Å². The molecule has 0 bridgehead atoms. The summed E-state index contributed by atoms with van der Waals surface area (Å²) in [5.41, 5.74) is 1.76. The molecule has 0 spiro atoms. The summed E-state index contributed by atoms with van der Waals surface area (Å²) in [6, 6.07) is 13.4. The van der Waals surface area contributed by atoms with Crippen LogP contribution in [0.3, 0.4) is 0 Å². The fraction of sp³-hybridized carbons (Fsp3) is 0.273. The van der Waals surface area contributed by atoms with Crippen LogP contribution in [0.1, 0.15) is 42.6 Å². The van der Waals surface area contributed by atoms with Crippen LogP contribution in [0.2, 0.25) is 0 Å². The molecule has 2 aromatic rings. The van der Waals surface area contributed by atoms with Crippen LogP contribution >= 0.6 is 0 Å². The van der Waals surface area contributed by atoms with Gasteiger partial charge in [-0.05, 0) is 49.7 Å². The standard InChI is InChI=1S/C22H21N3O4/c1-3-5-19(26)16-8-9-20-18(11-16)25(22(28)14(2)29-20)13-21(27)24-17-7-4-6-15(10-17)12-23/h4,6-11,14H,3,5,13H2,1-2H3,(H,24,27). The largest absolute Gasteiger partial charge is 0.479 e. The topological polar surface area (TPSA) is 99.5 Å². The monoisotopic (exact) mass is 391 g/mol. The van der Waals surface area contributed by atoms with Crippen LogP contribution in [0.25, 0.3) is 0 Å². The molecule has 0 aromatic heterocycles. The van der Waals surface area contributed by atoms with Crippen LogP contribution < -0.4 is 15.0 Å². The summed E-state index contributed by atoms with van der Waals surface area (Å²) < 4.78 is 5.63. The Bertz CT molecular complexity index is 1010. The van der Waals surface area contributed by atoms with Crippen LogP contribution in [-0.4, -0.2) is 30.2 Å². The molecule has 0 radical (unpaired) electrons. The molecule has 1 atom stereocenters. The summed E-state index contributed by atoms with van der Waals surface area (Å²) in [6.45, 7) is 3.30. The van der Waals surface area contributed by atoms with Crippen molar-refractivity contribution in [1.82, 2.24) is 0 Å². The van der Waals surface area contributed by atoms with Crippen molar-refractivity contribution in [2.75, 3.05) is 16.8 Å². The summed E-state index contributed by atoms with van der Waals surface area (Å²) in [4.78, 5) is 38.8. The van der Waals surface area contributed by atoms with E-state index in [2.05, 4.69) is 5.32 Å². The van der Waals surface area contributed by atoms with Gasteiger partial charge in [0.15, 0.2) is 11.9 Å². The first kappa shape index (κ1) is 20.1. The first-order valence-corrected chi connectivity index (χ1v) is 9.38. The Morgan fingerprint density at radius 2 is 2.03 bits per heavy atom. The molecule has 1 heterocycles. The minimum atomic E-state index is -0.741. The first-order chi connectivity index (χ1) is 13.9. The van der Waals surface area contributed by atoms with Gasteiger partial charge in [0.1, 0.15) is 12.3 Å². The second-order valence-corrected chi connectivity index (χ2v) is 6.78. The van der Waals surface area contributed by atoms with E-state index in [1.54, 1.807) is 49.4 Å². The van der Waals surface area contributed by atoms with Crippen molar-refractivity contribution in [3.63, 3.8) is 0 Å². The minimum Gasteiger partial charge on any atom is -0.479 e. The first-order valence-electron chi connectivity index (χ1n) is 9.38. The van der Waals surface area contributed by atoms with Crippen molar-refractivity contribution in [3.8, 4) is 11.8 Å². The van der Waals surface area contributed by atoms with Crippen molar-refractivity contribution < 1.29 is 19.1 Å². The van der Waals surface area contributed by atoms with Gasteiger partial charge in [0.2, 0.25) is 5.91 Å². The highest BCUT2D eigenvalue weighted by Gasteiger charge is 2.33. The molecule has 3 rings (SSSR count). The molecule has 2 amide bonds. The zero-order valence-corrected chi connectivity index (χ0v) is 16.3. The van der Waals surface area contributed by atoms with Crippen molar-refractivity contribution in [2.24, 2.45) is 0 Å². The number of rotatable bonds is 6. The second-order valence-electron chi connectivity index (χ2n) is 6.78. The maximum absolute atomic E-state index is 12.7. The van der Waals surface area contributed by atoms with E-state index >= 15 is 0 Å². The minimum absolute atomic E-state index is 0.0286. The number of hydrogen-bond acceptors (Lipinski definition) is 5. The number of nitriles is 1. The highest BCUT2D eigenvalue weighted by molar-refractivity contribution is 6.07. The molecule has 0 saturated carbocycles. The molecule has 7 nitrogen and oxygen atoms in total. The number of hydrogen-bond donors (Lipinski definition) is 1. The summed E-state index contributed by atoms with van der Waals surface area (Å²) >= 11 is 0. The lowest BCUT2D eigenvalue weighted by Crippen LogP contribution is -2.47. The fourth-order valence-corrected chi connectivity index (χ4v) is 3.13. The van der Waals surface area contributed by atoms with Crippen LogP contribution in [0.4, 0.5) is 11.4 Å². The van der Waals surface area contributed by atoms with Crippen molar-refractivity contribution in [3.05, 3.63) is 53.6 Å². The van der Waals surface area contributed by atoms with E-state index in [0.717, 1.165) is 6.42 Å². The third-order valence-electron chi connectivity index (χ3n) is 4.54. The number of ether oxygens (including phenoxy) is 1. The van der Waals surface area contributed by atoms with E-state index in [4.69, 9.17) is 10.00 Å². The SMILES string of the molecule is CCCC(=O)c1ccc2c(c1)N(CC(=O)Nc1cccc(C#N)c1)C(=O)C(C)O2. The average Bonchev–Trinajstić information content (AvgIpc) is 2.71. The quantitative estimate of drug-likeness (QED) is 0.762. The molecule has 0 aliphatic carbocycles. The van der Waals surface area contributed by atoms with E-state index in [1.165, 1.54) is 4.90 Å². The number of fused-ring (bicyclic) bond motifs is 1. The van der Waals surface area contributed by atoms with Gasteiger partial charge < -0.3 is 10.1 Å². The number of nitrogens with one attached hydrogen (secondary N) is 1. The van der Waals surface area contributed by atoms with Gasteiger partial charge in [-0.3, -0.25) is 19.3 Å². The lowest BCUT2D eigenvalue weighted by atomic mass is 10.0. The summed E-state index contributed by atoms with van der Waals surface area (Å²) in [5.74, 6) is -0.360. The number of anilines is 2. The predicted molar refractivity (Wildman–Crippen MR) is 108 cm³/mol. The van der Waals surface area contributed by atoms with E-state index < -0.39 is 12.0 Å².